The first-order chi connectivity index (χ1) is 8.15. The fraction of sp³-hybridized carbons (Fsp3) is 0.364. The Bertz CT molecular complexity index is 435. The van der Waals surface area contributed by atoms with E-state index in [1.807, 2.05) is 0 Å². The summed E-state index contributed by atoms with van der Waals surface area (Å²) < 4.78 is 0. The van der Waals surface area contributed by atoms with Gasteiger partial charge in [0.1, 0.15) is 0 Å². The second-order valence-electron chi connectivity index (χ2n) is 3.92. The van der Waals surface area contributed by atoms with Crippen LogP contribution in [0.5, 0.6) is 0 Å². The summed E-state index contributed by atoms with van der Waals surface area (Å²) in [7, 11) is 0. The lowest BCUT2D eigenvalue weighted by atomic mass is 10.2. The van der Waals surface area contributed by atoms with Crippen LogP contribution < -0.4 is 11.1 Å². The number of rotatable bonds is 2. The minimum absolute atomic E-state index is 0. The number of nitrogens with two attached hydrogens (primary N) is 1. The van der Waals surface area contributed by atoms with Crippen LogP contribution in [-0.4, -0.2) is 41.3 Å². The quantitative estimate of drug-likeness (QED) is 0.764. The molecule has 98 valence electrons. The third-order valence-corrected chi connectivity index (χ3v) is 2.57. The van der Waals surface area contributed by atoms with Gasteiger partial charge in [-0.3, -0.25) is 14.6 Å². The Morgan fingerprint density at radius 2 is 2.28 bits per heavy atom. The SMILES string of the molecule is Cl.Nc1ccc(CC(=O)N2CCNC(=O)C2)nc1. The molecular weight excluding hydrogens is 256 g/mol. The first-order valence-electron chi connectivity index (χ1n) is 5.40. The smallest absolute Gasteiger partial charge is 0.239 e. The minimum Gasteiger partial charge on any atom is -0.397 e. The van der Waals surface area contributed by atoms with Crippen molar-refractivity contribution in [2.45, 2.75) is 6.42 Å². The Labute approximate surface area is 111 Å². The number of nitrogens with zero attached hydrogens (tertiary/aromatic N) is 2. The number of amides is 2. The van der Waals surface area contributed by atoms with Crippen molar-refractivity contribution in [2.24, 2.45) is 0 Å². The fourth-order valence-electron chi connectivity index (χ4n) is 1.66. The number of piperazine rings is 1. The molecule has 1 aromatic rings. The summed E-state index contributed by atoms with van der Waals surface area (Å²) in [5.74, 6) is -0.202. The lowest BCUT2D eigenvalue weighted by Gasteiger charge is -2.26. The topological polar surface area (TPSA) is 88.3 Å². The van der Waals surface area contributed by atoms with Crippen molar-refractivity contribution in [1.29, 1.82) is 0 Å². The van der Waals surface area contributed by atoms with E-state index in [2.05, 4.69) is 10.3 Å². The van der Waals surface area contributed by atoms with Gasteiger partial charge in [-0.05, 0) is 12.1 Å². The van der Waals surface area contributed by atoms with Gasteiger partial charge in [0.25, 0.3) is 0 Å². The Morgan fingerprint density at radius 3 is 2.89 bits per heavy atom. The third kappa shape index (κ3) is 3.59. The molecule has 1 aromatic heterocycles. The van der Waals surface area contributed by atoms with Crippen molar-refractivity contribution in [2.75, 3.05) is 25.4 Å². The number of anilines is 1. The summed E-state index contributed by atoms with van der Waals surface area (Å²) >= 11 is 0. The van der Waals surface area contributed by atoms with E-state index in [1.54, 1.807) is 12.1 Å². The van der Waals surface area contributed by atoms with Crippen molar-refractivity contribution < 1.29 is 9.59 Å². The van der Waals surface area contributed by atoms with Crippen LogP contribution in [-0.2, 0) is 16.0 Å². The summed E-state index contributed by atoms with van der Waals surface area (Å²) in [6.45, 7) is 1.20. The van der Waals surface area contributed by atoms with E-state index >= 15 is 0 Å². The van der Waals surface area contributed by atoms with Crippen LogP contribution in [0, 0.1) is 0 Å². The molecule has 2 rings (SSSR count). The molecule has 1 aliphatic heterocycles. The molecule has 3 N–H and O–H groups in total. The van der Waals surface area contributed by atoms with Gasteiger partial charge in [-0.15, -0.1) is 12.4 Å². The van der Waals surface area contributed by atoms with Gasteiger partial charge in [0.15, 0.2) is 0 Å². The molecule has 6 nitrogen and oxygen atoms in total. The maximum atomic E-state index is 11.9. The molecule has 0 spiro atoms. The van der Waals surface area contributed by atoms with Gasteiger partial charge in [-0.25, -0.2) is 0 Å². The molecule has 2 amide bonds. The van der Waals surface area contributed by atoms with E-state index in [0.717, 1.165) is 0 Å². The maximum Gasteiger partial charge on any atom is 0.239 e. The van der Waals surface area contributed by atoms with Crippen LogP contribution >= 0.6 is 12.4 Å². The molecule has 0 saturated carbocycles. The van der Waals surface area contributed by atoms with Gasteiger partial charge < -0.3 is 16.0 Å². The van der Waals surface area contributed by atoms with E-state index in [1.165, 1.54) is 11.1 Å². The molecule has 7 heteroatoms. The Kier molecular flexibility index (Phi) is 4.91. The number of nitrogen functional groups attached to an aromatic ring is 1. The standard InChI is InChI=1S/C11H14N4O2.ClH/c12-8-1-2-9(14-6-8)5-11(17)15-4-3-13-10(16)7-15;/h1-2,6H,3-5,7,12H2,(H,13,16);1H. The molecule has 0 aliphatic carbocycles. The van der Waals surface area contributed by atoms with E-state index < -0.39 is 0 Å². The van der Waals surface area contributed by atoms with Crippen molar-refractivity contribution in [3.05, 3.63) is 24.0 Å². The van der Waals surface area contributed by atoms with Gasteiger partial charge in [-0.2, -0.15) is 0 Å². The highest BCUT2D eigenvalue weighted by Crippen LogP contribution is 2.04. The number of pyridine rings is 1. The number of nitrogens with one attached hydrogen (secondary N) is 1. The van der Waals surface area contributed by atoms with Crippen molar-refractivity contribution in [1.82, 2.24) is 15.2 Å². The van der Waals surface area contributed by atoms with Gasteiger partial charge in [-0.1, -0.05) is 0 Å². The molecule has 1 fully saturated rings. The summed E-state index contributed by atoms with van der Waals surface area (Å²) in [4.78, 5) is 28.6. The average molecular weight is 271 g/mol. The summed E-state index contributed by atoms with van der Waals surface area (Å²) in [5.41, 5.74) is 6.74. The number of carbonyl (C=O) groups excluding carboxylic acids is 2. The van der Waals surface area contributed by atoms with Gasteiger partial charge in [0.2, 0.25) is 11.8 Å². The van der Waals surface area contributed by atoms with Gasteiger partial charge >= 0.3 is 0 Å². The normalized spacial score (nSPS) is 14.7. The lowest BCUT2D eigenvalue weighted by molar-refractivity contribution is -0.137. The number of hydrogen-bond acceptors (Lipinski definition) is 4. The highest BCUT2D eigenvalue weighted by Gasteiger charge is 2.21. The summed E-state index contributed by atoms with van der Waals surface area (Å²) in [5, 5.41) is 2.67. The van der Waals surface area contributed by atoms with E-state index in [9.17, 15) is 9.59 Å². The molecule has 0 bridgehead atoms. The van der Waals surface area contributed by atoms with Crippen LogP contribution in [0.3, 0.4) is 0 Å². The van der Waals surface area contributed by atoms with Crippen molar-refractivity contribution >= 4 is 29.9 Å². The molecule has 0 atom stereocenters. The van der Waals surface area contributed by atoms with Crippen LogP contribution in [0.15, 0.2) is 18.3 Å². The summed E-state index contributed by atoms with van der Waals surface area (Å²) in [6, 6.07) is 3.43. The molecule has 18 heavy (non-hydrogen) atoms. The minimum atomic E-state index is -0.116. The van der Waals surface area contributed by atoms with Crippen LogP contribution in [0.2, 0.25) is 0 Å². The number of hydrogen-bond donors (Lipinski definition) is 2. The Hall–Kier alpha value is -1.82. The lowest BCUT2D eigenvalue weighted by Crippen LogP contribution is -2.50. The van der Waals surface area contributed by atoms with Crippen LogP contribution in [0.25, 0.3) is 0 Å². The number of aromatic nitrogens is 1. The molecule has 0 radical (unpaired) electrons. The molecule has 1 aliphatic rings. The Balaban J connectivity index is 0.00000162. The van der Waals surface area contributed by atoms with Gasteiger partial charge in [0, 0.05) is 18.8 Å². The molecular formula is C11H15ClN4O2. The highest BCUT2D eigenvalue weighted by molar-refractivity contribution is 5.86. The van der Waals surface area contributed by atoms with Crippen molar-refractivity contribution in [3.8, 4) is 0 Å². The zero-order chi connectivity index (χ0) is 12.3. The summed E-state index contributed by atoms with van der Waals surface area (Å²) in [6.07, 6.45) is 1.72. The second-order valence-corrected chi connectivity index (χ2v) is 3.92. The van der Waals surface area contributed by atoms with E-state index in [-0.39, 0.29) is 37.2 Å². The molecule has 1 saturated heterocycles. The molecule has 2 heterocycles. The largest absolute Gasteiger partial charge is 0.397 e. The monoisotopic (exact) mass is 270 g/mol. The zero-order valence-electron chi connectivity index (χ0n) is 9.76. The maximum absolute atomic E-state index is 11.9. The predicted molar refractivity (Wildman–Crippen MR) is 69.2 cm³/mol. The van der Waals surface area contributed by atoms with E-state index in [0.29, 0.717) is 24.5 Å². The zero-order valence-corrected chi connectivity index (χ0v) is 10.6. The Morgan fingerprint density at radius 1 is 1.50 bits per heavy atom. The van der Waals surface area contributed by atoms with Crippen LogP contribution in [0.4, 0.5) is 5.69 Å². The first kappa shape index (κ1) is 14.2. The number of carbonyl (C=O) groups is 2. The van der Waals surface area contributed by atoms with Gasteiger partial charge in [0.05, 0.1) is 24.8 Å². The molecule has 0 aromatic carbocycles. The first-order valence-corrected chi connectivity index (χ1v) is 5.40. The van der Waals surface area contributed by atoms with Crippen molar-refractivity contribution in [3.63, 3.8) is 0 Å². The van der Waals surface area contributed by atoms with Crippen LogP contribution in [0.1, 0.15) is 5.69 Å². The third-order valence-electron chi connectivity index (χ3n) is 2.57. The number of halogens is 1. The second kappa shape index (κ2) is 6.20. The fourth-order valence-corrected chi connectivity index (χ4v) is 1.66. The van der Waals surface area contributed by atoms with E-state index in [4.69, 9.17) is 5.73 Å². The molecule has 0 unspecified atom stereocenters. The average Bonchev–Trinajstić information content (AvgIpc) is 2.32. The highest BCUT2D eigenvalue weighted by atomic mass is 35.5. The predicted octanol–water partition coefficient (Wildman–Crippen LogP) is -0.413.